The molecule has 0 unspecified atom stereocenters. The molecule has 17 heavy (non-hydrogen) atoms. The molecule has 3 heteroatoms. The summed E-state index contributed by atoms with van der Waals surface area (Å²) in [5.74, 6) is 0. The summed E-state index contributed by atoms with van der Waals surface area (Å²) in [7, 11) is 0. The van der Waals surface area contributed by atoms with Crippen molar-refractivity contribution >= 4 is 23.0 Å². The van der Waals surface area contributed by atoms with E-state index >= 15 is 0 Å². The summed E-state index contributed by atoms with van der Waals surface area (Å²) in [6.45, 7) is 4.21. The highest BCUT2D eigenvalue weighted by Gasteiger charge is 2.15. The zero-order valence-electron chi connectivity index (χ0n) is 10.5. The second-order valence-corrected chi connectivity index (χ2v) is 5.25. The smallest absolute Gasteiger partial charge is 0.171 e. The minimum atomic E-state index is 0.569. The first-order chi connectivity index (χ1) is 8.16. The Bertz CT molecular complexity index is 388. The number of benzene rings is 1. The Morgan fingerprint density at radius 3 is 2.35 bits per heavy atom. The van der Waals surface area contributed by atoms with Gasteiger partial charge >= 0.3 is 0 Å². The third kappa shape index (κ3) is 3.19. The van der Waals surface area contributed by atoms with Crippen LogP contribution < -0.4 is 10.6 Å². The normalized spacial score (nSPS) is 15.9. The average molecular weight is 248 g/mol. The van der Waals surface area contributed by atoms with Gasteiger partial charge in [-0.3, -0.25) is 0 Å². The number of para-hydroxylation sites is 1. The molecule has 1 aromatic rings. The second kappa shape index (κ2) is 5.50. The molecule has 1 saturated carbocycles. The molecule has 0 aliphatic heterocycles. The molecule has 2 rings (SSSR count). The van der Waals surface area contributed by atoms with Crippen LogP contribution in [-0.4, -0.2) is 11.2 Å². The van der Waals surface area contributed by atoms with Gasteiger partial charge in [0, 0.05) is 11.7 Å². The van der Waals surface area contributed by atoms with Gasteiger partial charge in [0.25, 0.3) is 0 Å². The highest BCUT2D eigenvalue weighted by molar-refractivity contribution is 7.80. The molecule has 1 aliphatic carbocycles. The van der Waals surface area contributed by atoms with Gasteiger partial charge in [0.2, 0.25) is 0 Å². The molecule has 1 aliphatic rings. The highest BCUT2D eigenvalue weighted by Crippen LogP contribution is 2.20. The van der Waals surface area contributed by atoms with Gasteiger partial charge in [-0.2, -0.15) is 0 Å². The van der Waals surface area contributed by atoms with Crippen LogP contribution in [0.1, 0.15) is 36.8 Å². The first-order valence-corrected chi connectivity index (χ1v) is 6.71. The molecule has 2 N–H and O–H groups in total. The Morgan fingerprint density at radius 1 is 1.18 bits per heavy atom. The van der Waals surface area contributed by atoms with E-state index in [-0.39, 0.29) is 0 Å². The molecule has 92 valence electrons. The molecule has 0 heterocycles. The lowest BCUT2D eigenvalue weighted by Crippen LogP contribution is -2.36. The minimum absolute atomic E-state index is 0.569. The first-order valence-electron chi connectivity index (χ1n) is 6.30. The number of rotatable bonds is 2. The van der Waals surface area contributed by atoms with Crippen molar-refractivity contribution in [3.63, 3.8) is 0 Å². The SMILES string of the molecule is Cc1cccc(C)c1NC(=S)NC1CCCC1. The fourth-order valence-corrected chi connectivity index (χ4v) is 2.69. The van der Waals surface area contributed by atoms with Gasteiger partial charge in [0.1, 0.15) is 0 Å². The zero-order valence-corrected chi connectivity index (χ0v) is 11.4. The Kier molecular flexibility index (Phi) is 4.00. The third-order valence-corrected chi connectivity index (χ3v) is 3.63. The summed E-state index contributed by atoms with van der Waals surface area (Å²) >= 11 is 5.37. The molecular formula is C14H20N2S. The van der Waals surface area contributed by atoms with Gasteiger partial charge < -0.3 is 10.6 Å². The van der Waals surface area contributed by atoms with Gasteiger partial charge in [-0.25, -0.2) is 0 Å². The molecule has 0 saturated heterocycles. The summed E-state index contributed by atoms with van der Waals surface area (Å²) in [4.78, 5) is 0. The highest BCUT2D eigenvalue weighted by atomic mass is 32.1. The number of aryl methyl sites for hydroxylation is 2. The molecule has 0 aromatic heterocycles. The van der Waals surface area contributed by atoms with Crippen molar-refractivity contribution in [2.24, 2.45) is 0 Å². The van der Waals surface area contributed by atoms with Crippen molar-refractivity contribution in [2.45, 2.75) is 45.6 Å². The van der Waals surface area contributed by atoms with E-state index in [1.54, 1.807) is 0 Å². The van der Waals surface area contributed by atoms with Crippen LogP contribution >= 0.6 is 12.2 Å². The van der Waals surface area contributed by atoms with Crippen molar-refractivity contribution in [2.75, 3.05) is 5.32 Å². The third-order valence-electron chi connectivity index (χ3n) is 3.41. The van der Waals surface area contributed by atoms with Crippen molar-refractivity contribution in [3.05, 3.63) is 29.3 Å². The van der Waals surface area contributed by atoms with Crippen LogP contribution in [0, 0.1) is 13.8 Å². The summed E-state index contributed by atoms with van der Waals surface area (Å²) in [5, 5.41) is 7.49. The van der Waals surface area contributed by atoms with E-state index in [1.165, 1.54) is 36.8 Å². The van der Waals surface area contributed by atoms with E-state index in [0.29, 0.717) is 6.04 Å². The molecule has 0 atom stereocenters. The zero-order chi connectivity index (χ0) is 12.3. The Labute approximate surface area is 109 Å². The number of nitrogens with one attached hydrogen (secondary N) is 2. The average Bonchev–Trinajstić information content (AvgIpc) is 2.76. The molecule has 0 bridgehead atoms. The second-order valence-electron chi connectivity index (χ2n) is 4.85. The van der Waals surface area contributed by atoms with Gasteiger partial charge in [-0.15, -0.1) is 0 Å². The van der Waals surface area contributed by atoms with Crippen molar-refractivity contribution < 1.29 is 0 Å². The number of anilines is 1. The van der Waals surface area contributed by atoms with Crippen LogP contribution in [0.15, 0.2) is 18.2 Å². The summed E-state index contributed by atoms with van der Waals surface area (Å²) in [6, 6.07) is 6.85. The van der Waals surface area contributed by atoms with Crippen LogP contribution in [0.5, 0.6) is 0 Å². The van der Waals surface area contributed by atoms with E-state index in [2.05, 4.69) is 42.7 Å². The van der Waals surface area contributed by atoms with Gasteiger partial charge in [-0.1, -0.05) is 31.0 Å². The van der Waals surface area contributed by atoms with Crippen LogP contribution in [0.4, 0.5) is 5.69 Å². The lowest BCUT2D eigenvalue weighted by atomic mass is 10.1. The molecular weight excluding hydrogens is 228 g/mol. The van der Waals surface area contributed by atoms with Gasteiger partial charge in [-0.05, 0) is 50.0 Å². The molecule has 1 fully saturated rings. The van der Waals surface area contributed by atoms with Crippen LogP contribution in [-0.2, 0) is 0 Å². The topological polar surface area (TPSA) is 24.1 Å². The molecule has 0 radical (unpaired) electrons. The first kappa shape index (κ1) is 12.4. The molecule has 0 spiro atoms. The fourth-order valence-electron chi connectivity index (χ4n) is 2.42. The maximum absolute atomic E-state index is 5.37. The van der Waals surface area contributed by atoms with Crippen molar-refractivity contribution in [3.8, 4) is 0 Å². The fraction of sp³-hybridized carbons (Fsp3) is 0.500. The Balaban J connectivity index is 1.97. The monoisotopic (exact) mass is 248 g/mol. The number of thiocarbonyl (C=S) groups is 1. The summed E-state index contributed by atoms with van der Waals surface area (Å²) in [6.07, 6.45) is 5.14. The van der Waals surface area contributed by atoms with Crippen LogP contribution in [0.25, 0.3) is 0 Å². The van der Waals surface area contributed by atoms with Crippen LogP contribution in [0.2, 0.25) is 0 Å². The standard InChI is InChI=1S/C14H20N2S/c1-10-6-5-7-11(2)13(10)16-14(17)15-12-8-3-4-9-12/h5-7,12H,3-4,8-9H2,1-2H3,(H2,15,16,17). The minimum Gasteiger partial charge on any atom is -0.360 e. The van der Waals surface area contributed by atoms with E-state index in [0.717, 1.165) is 10.8 Å². The Hall–Kier alpha value is -1.09. The van der Waals surface area contributed by atoms with Gasteiger partial charge in [0.05, 0.1) is 0 Å². The van der Waals surface area contributed by atoms with Crippen LogP contribution in [0.3, 0.4) is 0 Å². The maximum atomic E-state index is 5.37. The van der Waals surface area contributed by atoms with E-state index in [1.807, 2.05) is 0 Å². The maximum Gasteiger partial charge on any atom is 0.171 e. The number of hydrogen-bond acceptors (Lipinski definition) is 1. The predicted octanol–water partition coefficient (Wildman–Crippen LogP) is 3.53. The van der Waals surface area contributed by atoms with E-state index in [9.17, 15) is 0 Å². The molecule has 1 aromatic carbocycles. The largest absolute Gasteiger partial charge is 0.360 e. The van der Waals surface area contributed by atoms with E-state index in [4.69, 9.17) is 12.2 Å². The number of hydrogen-bond donors (Lipinski definition) is 2. The predicted molar refractivity (Wildman–Crippen MR) is 77.5 cm³/mol. The molecule has 2 nitrogen and oxygen atoms in total. The van der Waals surface area contributed by atoms with Crippen molar-refractivity contribution in [1.29, 1.82) is 0 Å². The van der Waals surface area contributed by atoms with E-state index < -0.39 is 0 Å². The van der Waals surface area contributed by atoms with Gasteiger partial charge in [0.15, 0.2) is 5.11 Å². The summed E-state index contributed by atoms with van der Waals surface area (Å²) < 4.78 is 0. The molecule has 0 amide bonds. The Morgan fingerprint density at radius 2 is 1.76 bits per heavy atom. The van der Waals surface area contributed by atoms with Crippen molar-refractivity contribution in [1.82, 2.24) is 5.32 Å². The quantitative estimate of drug-likeness (QED) is 0.783. The summed E-state index contributed by atoms with van der Waals surface area (Å²) in [5.41, 5.74) is 3.61. The lowest BCUT2D eigenvalue weighted by Gasteiger charge is -2.18. The lowest BCUT2D eigenvalue weighted by molar-refractivity contribution is 0.634.